The van der Waals surface area contributed by atoms with Crippen molar-refractivity contribution in [3.8, 4) is 33.6 Å². The third-order valence-electron chi connectivity index (χ3n) is 8.72. The van der Waals surface area contributed by atoms with Crippen LogP contribution >= 0.6 is 0 Å². The molecule has 0 fully saturated rings. The van der Waals surface area contributed by atoms with Crippen molar-refractivity contribution in [1.29, 1.82) is 0 Å². The molecule has 48 heavy (non-hydrogen) atoms. The number of nitrogens with zero attached hydrogens (tertiary/aromatic N) is 3. The Bertz CT molecular complexity index is 2430. The summed E-state index contributed by atoms with van der Waals surface area (Å²) in [6, 6.07) is 38.2. The zero-order valence-corrected chi connectivity index (χ0v) is 30.3. The number of rotatable bonds is 3. The minimum atomic E-state index is 0. The molecule has 1 radical (unpaired) electrons. The molecule has 5 heteroatoms. The predicted octanol–water partition coefficient (Wildman–Crippen LogP) is 11.1. The van der Waals surface area contributed by atoms with Crippen LogP contribution in [0.3, 0.4) is 0 Å². The van der Waals surface area contributed by atoms with Crippen LogP contribution in [0.15, 0.2) is 108 Å². The fourth-order valence-electron chi connectivity index (χ4n) is 5.84. The van der Waals surface area contributed by atoms with Gasteiger partial charge in [-0.1, -0.05) is 71.5 Å². The van der Waals surface area contributed by atoms with Gasteiger partial charge in [0, 0.05) is 43.6 Å². The Balaban J connectivity index is 0.000000212. The number of aryl methyl sites for hydroxylation is 6. The number of fused-ring (bicyclic) bond motifs is 4. The van der Waals surface area contributed by atoms with E-state index in [1.54, 1.807) is 0 Å². The molecule has 0 bridgehead atoms. The van der Waals surface area contributed by atoms with Gasteiger partial charge in [-0.2, -0.15) is 0 Å². The second-order valence-corrected chi connectivity index (χ2v) is 12.4. The molecule has 8 rings (SSSR count). The summed E-state index contributed by atoms with van der Waals surface area (Å²) < 4.78 is 6.18. The first kappa shape index (κ1) is 33.0. The Kier molecular flexibility index (Phi) is 9.37. The molecule has 0 aliphatic heterocycles. The van der Waals surface area contributed by atoms with Crippen LogP contribution in [0.5, 0.6) is 0 Å². The van der Waals surface area contributed by atoms with Crippen molar-refractivity contribution in [2.24, 2.45) is 0 Å². The summed E-state index contributed by atoms with van der Waals surface area (Å²) in [5.41, 5.74) is 14.6. The molecule has 8 aromatic rings. The van der Waals surface area contributed by atoms with E-state index in [1.165, 1.54) is 38.6 Å². The summed E-state index contributed by atoms with van der Waals surface area (Å²) in [5.74, 6) is 0. The molecule has 4 aromatic carbocycles. The van der Waals surface area contributed by atoms with E-state index in [4.69, 9.17) is 9.40 Å². The predicted molar refractivity (Wildman–Crippen MR) is 193 cm³/mol. The van der Waals surface area contributed by atoms with Gasteiger partial charge in [0.25, 0.3) is 0 Å². The zero-order valence-electron chi connectivity index (χ0n) is 27.9. The molecule has 0 saturated heterocycles. The fraction of sp³-hybridized carbons (Fsp3) is 0.140. The van der Waals surface area contributed by atoms with E-state index in [1.807, 2.05) is 43.6 Å². The van der Waals surface area contributed by atoms with Gasteiger partial charge in [-0.25, -0.2) is 4.98 Å². The van der Waals surface area contributed by atoms with Crippen LogP contribution in [-0.4, -0.2) is 15.0 Å². The minimum absolute atomic E-state index is 0. The molecule has 0 N–H and O–H groups in total. The van der Waals surface area contributed by atoms with Gasteiger partial charge in [0.1, 0.15) is 0 Å². The van der Waals surface area contributed by atoms with Crippen molar-refractivity contribution in [3.05, 3.63) is 149 Å². The number of pyridine rings is 3. The molecule has 0 aliphatic carbocycles. The van der Waals surface area contributed by atoms with Crippen LogP contribution < -0.4 is 0 Å². The van der Waals surface area contributed by atoms with Crippen molar-refractivity contribution in [3.63, 3.8) is 0 Å². The molecule has 0 saturated carbocycles. The first-order valence-corrected chi connectivity index (χ1v) is 15.8. The standard InChI is InChI=1S/C29H21N2O.C14H14N.Ir/c1-17-7-9-21-14-22(11-10-20(21)13-17)26-15-27(30-16-18(26)2)25-6-4-5-23-24-12-8-19(3)31-29(24)32-28(23)25;1-10-4-6-13(7-5-10)14-8-11(2)12(3)9-15-14;/h4-5,7-16H,1-3H3;4-6,8-9H,1-3H3;/q2*-1;. The normalized spacial score (nSPS) is 11.0. The van der Waals surface area contributed by atoms with Crippen LogP contribution in [0.1, 0.15) is 33.5 Å². The number of aromatic nitrogens is 3. The van der Waals surface area contributed by atoms with E-state index >= 15 is 0 Å². The second-order valence-electron chi connectivity index (χ2n) is 12.4. The molecule has 4 heterocycles. The number of hydrogen-bond acceptors (Lipinski definition) is 4. The van der Waals surface area contributed by atoms with Gasteiger partial charge in [0.15, 0.2) is 0 Å². The molecule has 0 atom stereocenters. The third kappa shape index (κ3) is 6.57. The maximum atomic E-state index is 6.18. The van der Waals surface area contributed by atoms with Gasteiger partial charge in [-0.15, -0.1) is 53.6 Å². The van der Waals surface area contributed by atoms with E-state index in [9.17, 15) is 0 Å². The van der Waals surface area contributed by atoms with Crippen molar-refractivity contribution < 1.29 is 24.5 Å². The Morgan fingerprint density at radius 2 is 1.35 bits per heavy atom. The second kappa shape index (κ2) is 13.6. The fourth-order valence-corrected chi connectivity index (χ4v) is 5.84. The Morgan fingerprint density at radius 1 is 0.604 bits per heavy atom. The SMILES string of the molecule is Cc1c[c-]c(-c2cc(C)c(C)cn2)cc1.Cc1ccc2cc(-c3cc(-c4[c-]ccc5c4oc4nc(C)ccc45)ncc3C)ccc2c1.[Ir]. The molecule has 0 unspecified atom stereocenters. The van der Waals surface area contributed by atoms with Crippen LogP contribution in [0.25, 0.3) is 66.5 Å². The van der Waals surface area contributed by atoms with Crippen molar-refractivity contribution >= 4 is 32.8 Å². The molecular formula is C43H35IrN3O-2. The maximum absolute atomic E-state index is 6.18. The largest absolute Gasteiger partial charge is 0.486 e. The van der Waals surface area contributed by atoms with E-state index in [0.717, 1.165) is 55.7 Å². The number of hydrogen-bond donors (Lipinski definition) is 0. The van der Waals surface area contributed by atoms with Crippen molar-refractivity contribution in [2.45, 2.75) is 41.5 Å². The Morgan fingerprint density at radius 3 is 2.15 bits per heavy atom. The first-order chi connectivity index (χ1) is 22.7. The van der Waals surface area contributed by atoms with E-state index in [0.29, 0.717) is 5.71 Å². The molecule has 4 aromatic heterocycles. The van der Waals surface area contributed by atoms with Gasteiger partial charge in [0.2, 0.25) is 5.71 Å². The number of furan rings is 1. The van der Waals surface area contributed by atoms with Gasteiger partial charge < -0.3 is 14.4 Å². The monoisotopic (exact) mass is 802 g/mol. The molecule has 0 amide bonds. The van der Waals surface area contributed by atoms with Crippen LogP contribution in [0, 0.1) is 53.7 Å². The van der Waals surface area contributed by atoms with Gasteiger partial charge in [-0.05, 0) is 97.2 Å². The van der Waals surface area contributed by atoms with Crippen molar-refractivity contribution in [2.75, 3.05) is 0 Å². The summed E-state index contributed by atoms with van der Waals surface area (Å²) in [5, 5.41) is 4.53. The smallest absolute Gasteiger partial charge is 0.216 e. The van der Waals surface area contributed by atoms with Crippen molar-refractivity contribution in [1.82, 2.24) is 15.0 Å². The van der Waals surface area contributed by atoms with Gasteiger partial charge in [0.05, 0.1) is 5.58 Å². The van der Waals surface area contributed by atoms with Gasteiger partial charge >= 0.3 is 0 Å². The summed E-state index contributed by atoms with van der Waals surface area (Å²) in [6.45, 7) is 12.4. The molecule has 239 valence electrons. The summed E-state index contributed by atoms with van der Waals surface area (Å²) >= 11 is 0. The Hall–Kier alpha value is -4.96. The number of benzene rings is 4. The average Bonchev–Trinajstić information content (AvgIpc) is 3.44. The molecule has 0 spiro atoms. The van der Waals surface area contributed by atoms with Crippen LogP contribution in [0.4, 0.5) is 0 Å². The van der Waals surface area contributed by atoms with E-state index in [-0.39, 0.29) is 20.1 Å². The summed E-state index contributed by atoms with van der Waals surface area (Å²) in [6.07, 6.45) is 3.85. The summed E-state index contributed by atoms with van der Waals surface area (Å²) in [4.78, 5) is 13.7. The van der Waals surface area contributed by atoms with E-state index < -0.39 is 0 Å². The zero-order chi connectivity index (χ0) is 32.7. The maximum Gasteiger partial charge on any atom is 0.216 e. The summed E-state index contributed by atoms with van der Waals surface area (Å²) in [7, 11) is 0. The first-order valence-electron chi connectivity index (χ1n) is 15.8. The molecular weight excluding hydrogens is 767 g/mol. The molecule has 4 nitrogen and oxygen atoms in total. The molecule has 0 aliphatic rings. The van der Waals surface area contributed by atoms with Crippen LogP contribution in [-0.2, 0) is 20.1 Å². The minimum Gasteiger partial charge on any atom is -0.486 e. The quantitative estimate of drug-likeness (QED) is 0.167. The van der Waals surface area contributed by atoms with E-state index in [2.05, 4.69) is 123 Å². The topological polar surface area (TPSA) is 51.8 Å². The third-order valence-corrected chi connectivity index (χ3v) is 8.72. The van der Waals surface area contributed by atoms with Gasteiger partial charge in [-0.3, -0.25) is 0 Å². The average molecular weight is 802 g/mol. The van der Waals surface area contributed by atoms with Crippen LogP contribution in [0.2, 0.25) is 0 Å². The Labute approximate surface area is 295 Å².